The average molecular weight is 193 g/mol. The Labute approximate surface area is 83.7 Å². The second-order valence-electron chi connectivity index (χ2n) is 3.60. The van der Waals surface area contributed by atoms with Crippen molar-refractivity contribution < 1.29 is 0 Å². The smallest absolute Gasteiger partial charge is 0.0325 e. The van der Waals surface area contributed by atoms with Gasteiger partial charge in [0.25, 0.3) is 0 Å². The third kappa shape index (κ3) is 2.41. The minimum Gasteiger partial charge on any atom is -0.399 e. The summed E-state index contributed by atoms with van der Waals surface area (Å²) in [5, 5.41) is 0.835. The third-order valence-electron chi connectivity index (χ3n) is 2.46. The number of benzene rings is 1. The van der Waals surface area contributed by atoms with E-state index < -0.39 is 0 Å². The van der Waals surface area contributed by atoms with Crippen molar-refractivity contribution in [3.8, 4) is 0 Å². The highest BCUT2D eigenvalue weighted by Gasteiger charge is 2.15. The van der Waals surface area contributed by atoms with E-state index in [0.29, 0.717) is 0 Å². The predicted octanol–water partition coefficient (Wildman–Crippen LogP) is 3.30. The van der Waals surface area contributed by atoms with Crippen LogP contribution in [0.15, 0.2) is 29.2 Å². The zero-order chi connectivity index (χ0) is 9.10. The molecule has 2 heteroatoms. The predicted molar refractivity (Wildman–Crippen MR) is 59.0 cm³/mol. The van der Waals surface area contributed by atoms with Crippen molar-refractivity contribution in [2.24, 2.45) is 0 Å². The quantitative estimate of drug-likeness (QED) is 0.729. The first-order valence-electron chi connectivity index (χ1n) is 4.87. The zero-order valence-electron chi connectivity index (χ0n) is 7.70. The maximum atomic E-state index is 5.72. The van der Waals surface area contributed by atoms with Gasteiger partial charge >= 0.3 is 0 Å². The van der Waals surface area contributed by atoms with Crippen molar-refractivity contribution in [1.82, 2.24) is 0 Å². The molecule has 0 heterocycles. The van der Waals surface area contributed by atoms with E-state index in [4.69, 9.17) is 5.73 Å². The van der Waals surface area contributed by atoms with Gasteiger partial charge in [0.15, 0.2) is 0 Å². The summed E-state index contributed by atoms with van der Waals surface area (Å²) in [7, 11) is 0. The lowest BCUT2D eigenvalue weighted by molar-refractivity contribution is 0.886. The minimum absolute atomic E-state index is 0.835. The molecule has 0 aliphatic heterocycles. The van der Waals surface area contributed by atoms with Gasteiger partial charge in [-0.25, -0.2) is 0 Å². The number of hydrogen-bond donors (Lipinski definition) is 1. The lowest BCUT2D eigenvalue weighted by atomic mass is 10.3. The molecule has 0 bridgehead atoms. The van der Waals surface area contributed by atoms with Crippen LogP contribution >= 0.6 is 11.8 Å². The number of hydrogen-bond acceptors (Lipinski definition) is 2. The van der Waals surface area contributed by atoms with E-state index in [2.05, 4.69) is 12.1 Å². The molecule has 1 saturated carbocycles. The summed E-state index contributed by atoms with van der Waals surface area (Å²) < 4.78 is 0. The molecule has 0 amide bonds. The summed E-state index contributed by atoms with van der Waals surface area (Å²) in [4.78, 5) is 1.33. The average Bonchev–Trinajstić information content (AvgIpc) is 2.57. The largest absolute Gasteiger partial charge is 0.399 e. The number of rotatable bonds is 2. The van der Waals surface area contributed by atoms with E-state index in [9.17, 15) is 0 Å². The maximum absolute atomic E-state index is 5.72. The Bertz CT molecular complexity index is 279. The van der Waals surface area contributed by atoms with Crippen molar-refractivity contribution in [2.45, 2.75) is 35.8 Å². The molecule has 13 heavy (non-hydrogen) atoms. The second kappa shape index (κ2) is 4.05. The summed E-state index contributed by atoms with van der Waals surface area (Å²) in [6.07, 6.45) is 5.55. The van der Waals surface area contributed by atoms with Crippen LogP contribution in [0.25, 0.3) is 0 Å². The molecule has 2 rings (SSSR count). The minimum atomic E-state index is 0.835. The SMILES string of the molecule is Nc1cccc(SC2CCCC2)c1. The zero-order valence-corrected chi connectivity index (χ0v) is 8.52. The highest BCUT2D eigenvalue weighted by atomic mass is 32.2. The monoisotopic (exact) mass is 193 g/mol. The molecule has 1 aromatic carbocycles. The molecule has 0 aromatic heterocycles. The first-order chi connectivity index (χ1) is 6.34. The van der Waals surface area contributed by atoms with E-state index in [0.717, 1.165) is 10.9 Å². The topological polar surface area (TPSA) is 26.0 Å². The molecule has 0 saturated heterocycles. The number of nitrogen functional groups attached to an aromatic ring is 1. The fraction of sp³-hybridized carbons (Fsp3) is 0.455. The van der Waals surface area contributed by atoms with Crippen LogP contribution in [-0.2, 0) is 0 Å². The molecule has 1 aromatic rings. The number of nitrogens with two attached hydrogens (primary N) is 1. The summed E-state index contributed by atoms with van der Waals surface area (Å²) >= 11 is 1.99. The van der Waals surface area contributed by atoms with Gasteiger partial charge in [-0.1, -0.05) is 18.9 Å². The van der Waals surface area contributed by atoms with Crippen molar-refractivity contribution in [1.29, 1.82) is 0 Å². The van der Waals surface area contributed by atoms with Crippen molar-refractivity contribution >= 4 is 17.4 Å². The van der Waals surface area contributed by atoms with Gasteiger partial charge in [0.1, 0.15) is 0 Å². The van der Waals surface area contributed by atoms with Gasteiger partial charge in [0, 0.05) is 15.8 Å². The van der Waals surface area contributed by atoms with Crippen LogP contribution in [-0.4, -0.2) is 5.25 Å². The van der Waals surface area contributed by atoms with Gasteiger partial charge < -0.3 is 5.73 Å². The van der Waals surface area contributed by atoms with Crippen molar-refractivity contribution in [3.05, 3.63) is 24.3 Å². The summed E-state index contributed by atoms with van der Waals surface area (Å²) in [5.41, 5.74) is 6.60. The van der Waals surface area contributed by atoms with E-state index in [1.165, 1.54) is 30.6 Å². The van der Waals surface area contributed by atoms with Crippen LogP contribution in [0.5, 0.6) is 0 Å². The summed E-state index contributed by atoms with van der Waals surface area (Å²) in [6.45, 7) is 0. The van der Waals surface area contributed by atoms with Gasteiger partial charge in [0.05, 0.1) is 0 Å². The van der Waals surface area contributed by atoms with Crippen molar-refractivity contribution in [2.75, 3.05) is 5.73 Å². The van der Waals surface area contributed by atoms with E-state index >= 15 is 0 Å². The molecule has 1 nitrogen and oxygen atoms in total. The molecule has 0 atom stereocenters. The van der Waals surface area contributed by atoms with E-state index in [1.54, 1.807) is 0 Å². The second-order valence-corrected chi connectivity index (χ2v) is 4.97. The molecule has 1 aliphatic carbocycles. The summed E-state index contributed by atoms with van der Waals surface area (Å²) in [6, 6.07) is 8.20. The first-order valence-corrected chi connectivity index (χ1v) is 5.75. The fourth-order valence-electron chi connectivity index (χ4n) is 1.79. The lowest BCUT2D eigenvalue weighted by Crippen LogP contribution is -1.93. The molecular weight excluding hydrogens is 178 g/mol. The van der Waals surface area contributed by atoms with Gasteiger partial charge in [0.2, 0.25) is 0 Å². The fourth-order valence-corrected chi connectivity index (χ4v) is 3.10. The molecular formula is C11H15NS. The van der Waals surface area contributed by atoms with Crippen LogP contribution in [0.3, 0.4) is 0 Å². The third-order valence-corrected chi connectivity index (χ3v) is 3.79. The normalized spacial score (nSPS) is 17.8. The lowest BCUT2D eigenvalue weighted by Gasteiger charge is -2.08. The maximum Gasteiger partial charge on any atom is 0.0325 e. The van der Waals surface area contributed by atoms with Gasteiger partial charge in [-0.15, -0.1) is 11.8 Å². The molecule has 0 radical (unpaired) electrons. The summed E-state index contributed by atoms with van der Waals surface area (Å²) in [5.74, 6) is 0. The Kier molecular flexibility index (Phi) is 2.79. The van der Waals surface area contributed by atoms with Crippen LogP contribution in [0.2, 0.25) is 0 Å². The standard InChI is InChI=1S/C11H15NS/c12-9-4-3-7-11(8-9)13-10-5-1-2-6-10/h3-4,7-8,10H,1-2,5-6,12H2. The molecule has 70 valence electrons. The Balaban J connectivity index is 2.00. The van der Waals surface area contributed by atoms with Gasteiger partial charge in [-0.05, 0) is 31.0 Å². The molecule has 0 spiro atoms. The Hall–Kier alpha value is -0.630. The van der Waals surface area contributed by atoms with Crippen LogP contribution in [0.4, 0.5) is 5.69 Å². The van der Waals surface area contributed by atoms with Crippen LogP contribution in [0.1, 0.15) is 25.7 Å². The van der Waals surface area contributed by atoms with Gasteiger partial charge in [-0.2, -0.15) is 0 Å². The first kappa shape index (κ1) is 8.95. The Morgan fingerprint density at radius 2 is 2.00 bits per heavy atom. The number of thioether (sulfide) groups is 1. The van der Waals surface area contributed by atoms with Crippen molar-refractivity contribution in [3.63, 3.8) is 0 Å². The van der Waals surface area contributed by atoms with E-state index in [-0.39, 0.29) is 0 Å². The molecule has 1 aliphatic rings. The highest BCUT2D eigenvalue weighted by Crippen LogP contribution is 2.34. The molecule has 2 N–H and O–H groups in total. The molecule has 1 fully saturated rings. The van der Waals surface area contributed by atoms with Crippen LogP contribution < -0.4 is 5.73 Å². The Morgan fingerprint density at radius 1 is 1.23 bits per heavy atom. The van der Waals surface area contributed by atoms with E-state index in [1.807, 2.05) is 23.9 Å². The van der Waals surface area contributed by atoms with Crippen LogP contribution in [0, 0.1) is 0 Å². The Morgan fingerprint density at radius 3 is 2.69 bits per heavy atom. The number of anilines is 1. The highest BCUT2D eigenvalue weighted by molar-refractivity contribution is 8.00. The molecule has 0 unspecified atom stereocenters. The van der Waals surface area contributed by atoms with Gasteiger partial charge in [-0.3, -0.25) is 0 Å².